The van der Waals surface area contributed by atoms with Crippen LogP contribution in [0.3, 0.4) is 0 Å². The molecule has 5 nitrogen and oxygen atoms in total. The van der Waals surface area contributed by atoms with Crippen LogP contribution in [0.25, 0.3) is 10.8 Å². The fourth-order valence-corrected chi connectivity index (χ4v) is 2.86. The molecule has 0 bridgehead atoms. The molecule has 2 aromatic rings. The zero-order chi connectivity index (χ0) is 16.8. The molecule has 1 heterocycles. The van der Waals surface area contributed by atoms with Gasteiger partial charge >= 0.3 is 0 Å². The first kappa shape index (κ1) is 16.3. The predicted molar refractivity (Wildman–Crippen MR) is 92.9 cm³/mol. The Hall–Kier alpha value is -2.56. The molecule has 0 saturated carbocycles. The molecule has 1 unspecified atom stereocenters. The Labute approximate surface area is 141 Å². The van der Waals surface area contributed by atoms with Gasteiger partial charge in [0, 0.05) is 6.54 Å². The highest BCUT2D eigenvalue weighted by atomic mass is 16.5. The van der Waals surface area contributed by atoms with Crippen LogP contribution < -0.4 is 15.4 Å². The Balaban J connectivity index is 1.48. The second-order valence-corrected chi connectivity index (χ2v) is 6.01. The molecule has 0 aliphatic carbocycles. The maximum atomic E-state index is 12.0. The van der Waals surface area contributed by atoms with Gasteiger partial charge in [0.1, 0.15) is 11.8 Å². The maximum absolute atomic E-state index is 12.0. The minimum Gasteiger partial charge on any atom is -0.493 e. The van der Waals surface area contributed by atoms with Gasteiger partial charge in [-0.25, -0.2) is 0 Å². The Morgan fingerprint density at radius 3 is 2.88 bits per heavy atom. The van der Waals surface area contributed by atoms with Crippen LogP contribution in [-0.4, -0.2) is 31.0 Å². The van der Waals surface area contributed by atoms with Gasteiger partial charge in [-0.05, 0) is 42.2 Å². The molecule has 2 amide bonds. The summed E-state index contributed by atoms with van der Waals surface area (Å²) in [5.74, 6) is 0.503. The highest BCUT2D eigenvalue weighted by molar-refractivity contribution is 5.87. The van der Waals surface area contributed by atoms with Crippen molar-refractivity contribution in [2.45, 2.75) is 31.7 Å². The van der Waals surface area contributed by atoms with Crippen LogP contribution in [0.1, 0.15) is 25.7 Å². The zero-order valence-electron chi connectivity index (χ0n) is 13.6. The summed E-state index contributed by atoms with van der Waals surface area (Å²) in [5, 5.41) is 7.87. The highest BCUT2D eigenvalue weighted by Gasteiger charge is 2.22. The van der Waals surface area contributed by atoms with Crippen LogP contribution >= 0.6 is 0 Å². The van der Waals surface area contributed by atoms with Crippen molar-refractivity contribution in [1.29, 1.82) is 0 Å². The molecule has 1 atom stereocenters. The molecule has 2 aromatic carbocycles. The standard InChI is InChI=1S/C19H22N2O3/c22-18(21-17-7-3-4-11-20-19(17)23)10-12-24-16-9-8-14-5-1-2-6-15(14)13-16/h1-2,5-6,8-9,13,17H,3-4,7,10-12H2,(H,20,23)(H,21,22). The third-order valence-electron chi connectivity index (χ3n) is 4.19. The quantitative estimate of drug-likeness (QED) is 0.886. The van der Waals surface area contributed by atoms with Gasteiger partial charge in [0.2, 0.25) is 11.8 Å². The average molecular weight is 326 g/mol. The van der Waals surface area contributed by atoms with Gasteiger partial charge in [0.05, 0.1) is 13.0 Å². The van der Waals surface area contributed by atoms with Crippen molar-refractivity contribution in [3.05, 3.63) is 42.5 Å². The largest absolute Gasteiger partial charge is 0.493 e. The van der Waals surface area contributed by atoms with E-state index < -0.39 is 6.04 Å². The first-order valence-corrected chi connectivity index (χ1v) is 8.41. The number of carbonyl (C=O) groups excluding carboxylic acids is 2. The lowest BCUT2D eigenvalue weighted by atomic mass is 10.1. The lowest BCUT2D eigenvalue weighted by Crippen LogP contribution is -2.45. The molecule has 1 fully saturated rings. The molecule has 3 rings (SSSR count). The summed E-state index contributed by atoms with van der Waals surface area (Å²) in [5.41, 5.74) is 0. The highest BCUT2D eigenvalue weighted by Crippen LogP contribution is 2.20. The predicted octanol–water partition coefficient (Wildman–Crippen LogP) is 2.39. The number of fused-ring (bicyclic) bond motifs is 1. The van der Waals surface area contributed by atoms with Crippen molar-refractivity contribution in [3.63, 3.8) is 0 Å². The van der Waals surface area contributed by atoms with Crippen LogP contribution in [0.15, 0.2) is 42.5 Å². The smallest absolute Gasteiger partial charge is 0.242 e. The number of amides is 2. The number of ether oxygens (including phenoxy) is 1. The lowest BCUT2D eigenvalue weighted by molar-refractivity contribution is -0.129. The van der Waals surface area contributed by atoms with Gasteiger partial charge in [-0.3, -0.25) is 9.59 Å². The van der Waals surface area contributed by atoms with Crippen LogP contribution in [0.2, 0.25) is 0 Å². The molecule has 126 valence electrons. The van der Waals surface area contributed by atoms with Crippen LogP contribution in [0.4, 0.5) is 0 Å². The topological polar surface area (TPSA) is 67.4 Å². The van der Waals surface area contributed by atoms with Crippen LogP contribution in [0.5, 0.6) is 5.75 Å². The fraction of sp³-hybridized carbons (Fsp3) is 0.368. The van der Waals surface area contributed by atoms with Gasteiger partial charge in [-0.15, -0.1) is 0 Å². The van der Waals surface area contributed by atoms with Crippen molar-refractivity contribution in [1.82, 2.24) is 10.6 Å². The first-order valence-electron chi connectivity index (χ1n) is 8.41. The van der Waals surface area contributed by atoms with Gasteiger partial charge < -0.3 is 15.4 Å². The van der Waals surface area contributed by atoms with Crippen molar-refractivity contribution in [2.24, 2.45) is 0 Å². The van der Waals surface area contributed by atoms with Crippen LogP contribution in [0, 0.1) is 0 Å². The molecule has 5 heteroatoms. The van der Waals surface area contributed by atoms with Crippen molar-refractivity contribution in [2.75, 3.05) is 13.2 Å². The molecular formula is C19H22N2O3. The molecule has 1 aliphatic heterocycles. The Kier molecular flexibility index (Phi) is 5.31. The summed E-state index contributed by atoms with van der Waals surface area (Å²) < 4.78 is 5.66. The van der Waals surface area contributed by atoms with Gasteiger partial charge in [0.15, 0.2) is 0 Å². The van der Waals surface area contributed by atoms with E-state index in [2.05, 4.69) is 10.6 Å². The summed E-state index contributed by atoms with van der Waals surface area (Å²) in [6, 6.07) is 13.5. The number of rotatable bonds is 5. The van der Waals surface area contributed by atoms with E-state index in [4.69, 9.17) is 4.74 Å². The van der Waals surface area contributed by atoms with E-state index in [9.17, 15) is 9.59 Å². The Bertz CT molecular complexity index is 729. The molecular weight excluding hydrogens is 304 g/mol. The van der Waals surface area contributed by atoms with E-state index in [0.29, 0.717) is 19.6 Å². The minimum atomic E-state index is -0.416. The zero-order valence-corrected chi connectivity index (χ0v) is 13.6. The number of carbonyl (C=O) groups is 2. The van der Waals surface area contributed by atoms with Crippen molar-refractivity contribution in [3.8, 4) is 5.75 Å². The molecule has 1 saturated heterocycles. The van der Waals surface area contributed by atoms with E-state index in [1.165, 1.54) is 0 Å². The second kappa shape index (κ2) is 7.81. The molecule has 24 heavy (non-hydrogen) atoms. The number of nitrogens with one attached hydrogen (secondary N) is 2. The number of hydrogen-bond donors (Lipinski definition) is 2. The SMILES string of the molecule is O=C(CCOc1ccc2ccccc2c1)NC1CCCCNC1=O. The summed E-state index contributed by atoms with van der Waals surface area (Å²) in [6.45, 7) is 0.981. The summed E-state index contributed by atoms with van der Waals surface area (Å²) in [6.07, 6.45) is 2.83. The molecule has 0 spiro atoms. The average Bonchev–Trinajstić information content (AvgIpc) is 2.79. The second-order valence-electron chi connectivity index (χ2n) is 6.01. The van der Waals surface area contributed by atoms with E-state index >= 15 is 0 Å². The molecule has 0 aromatic heterocycles. The monoisotopic (exact) mass is 326 g/mol. The van der Waals surface area contributed by atoms with Gasteiger partial charge in [0.25, 0.3) is 0 Å². The first-order chi connectivity index (χ1) is 11.7. The Morgan fingerprint density at radius 2 is 2.00 bits per heavy atom. The minimum absolute atomic E-state index is 0.0868. The molecule has 0 radical (unpaired) electrons. The number of hydrogen-bond acceptors (Lipinski definition) is 3. The number of benzene rings is 2. The summed E-state index contributed by atoms with van der Waals surface area (Å²) >= 11 is 0. The van der Waals surface area contributed by atoms with Gasteiger partial charge in [-0.1, -0.05) is 30.3 Å². The molecule has 2 N–H and O–H groups in total. The fourth-order valence-electron chi connectivity index (χ4n) is 2.86. The van der Waals surface area contributed by atoms with Crippen molar-refractivity contribution >= 4 is 22.6 Å². The van der Waals surface area contributed by atoms with E-state index in [-0.39, 0.29) is 18.2 Å². The molecule has 1 aliphatic rings. The third kappa shape index (κ3) is 4.25. The van der Waals surface area contributed by atoms with E-state index in [1.807, 2.05) is 42.5 Å². The summed E-state index contributed by atoms with van der Waals surface area (Å²) in [7, 11) is 0. The lowest BCUT2D eigenvalue weighted by Gasteiger charge is -2.15. The van der Waals surface area contributed by atoms with Gasteiger partial charge in [-0.2, -0.15) is 0 Å². The van der Waals surface area contributed by atoms with E-state index in [1.54, 1.807) is 0 Å². The van der Waals surface area contributed by atoms with E-state index in [0.717, 1.165) is 29.4 Å². The normalized spacial score (nSPS) is 17.8. The summed E-state index contributed by atoms with van der Waals surface area (Å²) in [4.78, 5) is 23.8. The maximum Gasteiger partial charge on any atom is 0.242 e. The van der Waals surface area contributed by atoms with Crippen LogP contribution in [-0.2, 0) is 9.59 Å². The Morgan fingerprint density at radius 1 is 1.17 bits per heavy atom. The third-order valence-corrected chi connectivity index (χ3v) is 4.19. The van der Waals surface area contributed by atoms with Crippen molar-refractivity contribution < 1.29 is 14.3 Å².